The molecule has 0 aliphatic heterocycles. The second-order valence-corrected chi connectivity index (χ2v) is 4.61. The number of hydrogen-bond donors (Lipinski definition) is 2. The van der Waals surface area contributed by atoms with E-state index in [4.69, 9.17) is 10.5 Å². The lowest BCUT2D eigenvalue weighted by Gasteiger charge is -2.10. The van der Waals surface area contributed by atoms with Crippen molar-refractivity contribution in [3.8, 4) is 5.88 Å². The molecule has 0 radical (unpaired) electrons. The summed E-state index contributed by atoms with van der Waals surface area (Å²) in [5.74, 6) is 0.0707. The van der Waals surface area contributed by atoms with E-state index in [0.717, 1.165) is 0 Å². The first-order valence-electron chi connectivity index (χ1n) is 5.47. The highest BCUT2D eigenvalue weighted by atomic mass is 79.9. The van der Waals surface area contributed by atoms with Crippen LogP contribution >= 0.6 is 15.9 Å². The van der Waals surface area contributed by atoms with Crippen LogP contribution < -0.4 is 15.8 Å². The molecule has 0 fully saturated rings. The summed E-state index contributed by atoms with van der Waals surface area (Å²) in [5, 5.41) is 2.73. The molecule has 3 N–H and O–H groups in total. The highest BCUT2D eigenvalue weighted by molar-refractivity contribution is 9.10. The Kier molecular flexibility index (Phi) is 4.01. The molecule has 0 saturated carbocycles. The van der Waals surface area contributed by atoms with E-state index in [-0.39, 0.29) is 5.91 Å². The van der Waals surface area contributed by atoms with Gasteiger partial charge in [-0.1, -0.05) is 0 Å². The van der Waals surface area contributed by atoms with E-state index in [1.807, 2.05) is 0 Å². The van der Waals surface area contributed by atoms with E-state index >= 15 is 0 Å². The van der Waals surface area contributed by atoms with Gasteiger partial charge in [0.1, 0.15) is 5.69 Å². The Labute approximate surface area is 118 Å². The molecule has 0 atom stereocenters. The first kappa shape index (κ1) is 13.4. The van der Waals surface area contributed by atoms with Gasteiger partial charge in [0, 0.05) is 16.4 Å². The third kappa shape index (κ3) is 3.03. The summed E-state index contributed by atoms with van der Waals surface area (Å²) in [4.78, 5) is 16.2. The molecule has 0 unspecified atom stereocenters. The summed E-state index contributed by atoms with van der Waals surface area (Å²) in [7, 11) is 1.49. The lowest BCUT2D eigenvalue weighted by atomic mass is 10.2. The van der Waals surface area contributed by atoms with Gasteiger partial charge in [0.15, 0.2) is 0 Å². The molecular weight excluding hydrogens is 310 g/mol. The van der Waals surface area contributed by atoms with Crippen molar-refractivity contribution >= 4 is 33.2 Å². The van der Waals surface area contributed by atoms with E-state index in [2.05, 4.69) is 26.2 Å². The minimum Gasteiger partial charge on any atom is -0.480 e. The van der Waals surface area contributed by atoms with Crippen LogP contribution in [0.25, 0.3) is 0 Å². The van der Waals surface area contributed by atoms with Crippen LogP contribution in [0.3, 0.4) is 0 Å². The summed E-state index contributed by atoms with van der Waals surface area (Å²) >= 11 is 3.32. The minimum absolute atomic E-state index is 0.287. The van der Waals surface area contributed by atoms with Crippen LogP contribution in [-0.4, -0.2) is 18.0 Å². The SMILES string of the molecule is COc1ncccc1NC(=O)c1cc(N)ccc1Br. The molecule has 1 aromatic heterocycles. The predicted molar refractivity (Wildman–Crippen MR) is 77.3 cm³/mol. The topological polar surface area (TPSA) is 77.2 Å². The summed E-state index contributed by atoms with van der Waals surface area (Å²) in [5.41, 5.74) is 7.15. The molecule has 5 nitrogen and oxygen atoms in total. The number of aromatic nitrogens is 1. The van der Waals surface area contributed by atoms with Crippen LogP contribution in [-0.2, 0) is 0 Å². The van der Waals surface area contributed by atoms with Crippen molar-refractivity contribution in [3.63, 3.8) is 0 Å². The largest absolute Gasteiger partial charge is 0.480 e. The van der Waals surface area contributed by atoms with Gasteiger partial charge in [-0.25, -0.2) is 4.98 Å². The maximum atomic E-state index is 12.2. The van der Waals surface area contributed by atoms with Crippen LogP contribution in [0.4, 0.5) is 11.4 Å². The van der Waals surface area contributed by atoms with Gasteiger partial charge in [0.05, 0.1) is 12.7 Å². The Morgan fingerprint density at radius 1 is 1.42 bits per heavy atom. The van der Waals surface area contributed by atoms with Crippen molar-refractivity contribution in [2.24, 2.45) is 0 Å². The standard InChI is InChI=1S/C13H12BrN3O2/c1-19-13-11(3-2-6-16-13)17-12(18)9-7-8(15)4-5-10(9)14/h2-7H,15H2,1H3,(H,17,18). The highest BCUT2D eigenvalue weighted by Gasteiger charge is 2.13. The van der Waals surface area contributed by atoms with Crippen molar-refractivity contribution in [2.45, 2.75) is 0 Å². The van der Waals surface area contributed by atoms with Crippen molar-refractivity contribution in [1.29, 1.82) is 0 Å². The van der Waals surface area contributed by atoms with Gasteiger partial charge in [-0.3, -0.25) is 4.79 Å². The molecular formula is C13H12BrN3O2. The quantitative estimate of drug-likeness (QED) is 0.852. The highest BCUT2D eigenvalue weighted by Crippen LogP contribution is 2.24. The zero-order chi connectivity index (χ0) is 13.8. The maximum absolute atomic E-state index is 12.2. The number of nitrogens with two attached hydrogens (primary N) is 1. The first-order valence-corrected chi connectivity index (χ1v) is 6.26. The second kappa shape index (κ2) is 5.71. The molecule has 1 amide bonds. The van der Waals surface area contributed by atoms with Gasteiger partial charge in [-0.15, -0.1) is 0 Å². The Hall–Kier alpha value is -2.08. The number of hydrogen-bond acceptors (Lipinski definition) is 4. The fourth-order valence-electron chi connectivity index (χ4n) is 1.56. The van der Waals surface area contributed by atoms with E-state index in [1.165, 1.54) is 7.11 Å². The van der Waals surface area contributed by atoms with Crippen LogP contribution in [0.15, 0.2) is 41.0 Å². The normalized spacial score (nSPS) is 10.0. The molecule has 0 saturated heterocycles. The fourth-order valence-corrected chi connectivity index (χ4v) is 1.98. The van der Waals surface area contributed by atoms with Crippen LogP contribution in [0.2, 0.25) is 0 Å². The number of nitrogen functional groups attached to an aromatic ring is 1. The number of carbonyl (C=O) groups excluding carboxylic acids is 1. The number of anilines is 2. The smallest absolute Gasteiger partial charge is 0.257 e. The molecule has 0 bridgehead atoms. The predicted octanol–water partition coefficient (Wildman–Crippen LogP) is 2.69. The number of methoxy groups -OCH3 is 1. The summed E-state index contributed by atoms with van der Waals surface area (Å²) in [6.45, 7) is 0. The Morgan fingerprint density at radius 3 is 2.95 bits per heavy atom. The third-order valence-corrected chi connectivity index (χ3v) is 3.14. The second-order valence-electron chi connectivity index (χ2n) is 3.75. The minimum atomic E-state index is -0.287. The lowest BCUT2D eigenvalue weighted by molar-refractivity contribution is 0.102. The molecule has 0 aliphatic carbocycles. The number of ether oxygens (including phenoxy) is 1. The number of nitrogens with zero attached hydrogens (tertiary/aromatic N) is 1. The number of amides is 1. The molecule has 19 heavy (non-hydrogen) atoms. The molecule has 2 rings (SSSR count). The van der Waals surface area contributed by atoms with Gasteiger partial charge in [0.2, 0.25) is 5.88 Å². The Balaban J connectivity index is 2.28. The lowest BCUT2D eigenvalue weighted by Crippen LogP contribution is -2.14. The molecule has 2 aromatic rings. The summed E-state index contributed by atoms with van der Waals surface area (Å²) < 4.78 is 5.74. The van der Waals surface area contributed by atoms with Crippen LogP contribution in [0.1, 0.15) is 10.4 Å². The summed E-state index contributed by atoms with van der Waals surface area (Å²) in [6.07, 6.45) is 1.59. The van der Waals surface area contributed by atoms with Gasteiger partial charge in [0.25, 0.3) is 5.91 Å². The maximum Gasteiger partial charge on any atom is 0.257 e. The van der Waals surface area contributed by atoms with Crippen molar-refractivity contribution in [2.75, 3.05) is 18.2 Å². The molecule has 0 spiro atoms. The Bertz CT molecular complexity index is 617. The molecule has 1 heterocycles. The summed E-state index contributed by atoms with van der Waals surface area (Å²) in [6, 6.07) is 8.47. The Morgan fingerprint density at radius 2 is 2.21 bits per heavy atom. The number of rotatable bonds is 3. The van der Waals surface area contributed by atoms with Gasteiger partial charge in [-0.2, -0.15) is 0 Å². The number of pyridine rings is 1. The molecule has 98 valence electrons. The first-order chi connectivity index (χ1) is 9.11. The number of halogens is 1. The van der Waals surface area contributed by atoms with Gasteiger partial charge >= 0.3 is 0 Å². The molecule has 1 aromatic carbocycles. The third-order valence-electron chi connectivity index (χ3n) is 2.45. The number of nitrogens with one attached hydrogen (secondary N) is 1. The van der Waals surface area contributed by atoms with Gasteiger partial charge < -0.3 is 15.8 Å². The zero-order valence-corrected chi connectivity index (χ0v) is 11.8. The van der Waals surface area contributed by atoms with E-state index in [0.29, 0.717) is 27.3 Å². The van der Waals surface area contributed by atoms with Crippen molar-refractivity contribution in [1.82, 2.24) is 4.98 Å². The number of carbonyl (C=O) groups is 1. The molecule has 0 aliphatic rings. The van der Waals surface area contributed by atoms with Gasteiger partial charge in [-0.05, 0) is 46.3 Å². The van der Waals surface area contributed by atoms with E-state index < -0.39 is 0 Å². The monoisotopic (exact) mass is 321 g/mol. The van der Waals surface area contributed by atoms with E-state index in [9.17, 15) is 4.79 Å². The zero-order valence-electron chi connectivity index (χ0n) is 10.2. The average Bonchev–Trinajstić information content (AvgIpc) is 2.42. The van der Waals surface area contributed by atoms with Crippen LogP contribution in [0, 0.1) is 0 Å². The average molecular weight is 322 g/mol. The van der Waals surface area contributed by atoms with Crippen molar-refractivity contribution < 1.29 is 9.53 Å². The fraction of sp³-hybridized carbons (Fsp3) is 0.0769. The van der Waals surface area contributed by atoms with Crippen molar-refractivity contribution in [3.05, 3.63) is 46.6 Å². The number of benzene rings is 1. The van der Waals surface area contributed by atoms with Crippen LogP contribution in [0.5, 0.6) is 5.88 Å². The van der Waals surface area contributed by atoms with E-state index in [1.54, 1.807) is 36.5 Å². The molecule has 6 heteroatoms.